The van der Waals surface area contributed by atoms with Crippen LogP contribution in [0.1, 0.15) is 39.2 Å². The van der Waals surface area contributed by atoms with E-state index in [1.807, 2.05) is 49.1 Å². The third-order valence-corrected chi connectivity index (χ3v) is 3.53. The lowest BCUT2D eigenvalue weighted by Crippen LogP contribution is -2.43. The fraction of sp³-hybridized carbons (Fsp3) is 0.562. The molecule has 0 fully saturated rings. The highest BCUT2D eigenvalue weighted by Gasteiger charge is 2.26. The number of nitrogens with zero attached hydrogens (tertiary/aromatic N) is 1. The highest BCUT2D eigenvalue weighted by Crippen LogP contribution is 2.21. The first kappa shape index (κ1) is 15.7. The van der Waals surface area contributed by atoms with Crippen molar-refractivity contribution < 1.29 is 4.79 Å². The molecule has 1 amide bonds. The van der Waals surface area contributed by atoms with Gasteiger partial charge in [0.15, 0.2) is 0 Å². The number of carbonyl (C=O) groups is 1. The van der Waals surface area contributed by atoms with E-state index in [0.717, 1.165) is 12.1 Å². The number of hydrogen-bond acceptors (Lipinski definition) is 2. The van der Waals surface area contributed by atoms with Gasteiger partial charge in [0.05, 0.1) is 5.92 Å². The minimum Gasteiger partial charge on any atom is -0.342 e. The second-order valence-corrected chi connectivity index (χ2v) is 5.85. The van der Waals surface area contributed by atoms with E-state index in [-0.39, 0.29) is 17.2 Å². The molecule has 1 aromatic rings. The van der Waals surface area contributed by atoms with E-state index in [2.05, 4.69) is 13.8 Å². The van der Waals surface area contributed by atoms with Crippen LogP contribution in [0.2, 0.25) is 0 Å². The van der Waals surface area contributed by atoms with Crippen molar-refractivity contribution in [1.29, 1.82) is 0 Å². The van der Waals surface area contributed by atoms with Crippen LogP contribution in [-0.2, 0) is 4.79 Å². The molecule has 0 saturated carbocycles. The Morgan fingerprint density at radius 3 is 2.37 bits per heavy atom. The third-order valence-electron chi connectivity index (χ3n) is 3.53. The maximum atomic E-state index is 12.6. The molecule has 0 aliphatic carbocycles. The summed E-state index contributed by atoms with van der Waals surface area (Å²) in [5.74, 6) is 0.0740. The molecule has 106 valence electrons. The number of hydrogen-bond donors (Lipinski definition) is 1. The fourth-order valence-electron chi connectivity index (χ4n) is 2.08. The topological polar surface area (TPSA) is 46.3 Å². The van der Waals surface area contributed by atoms with Crippen LogP contribution < -0.4 is 5.73 Å². The highest BCUT2D eigenvalue weighted by atomic mass is 16.2. The lowest BCUT2D eigenvalue weighted by atomic mass is 9.92. The standard InChI is InChI=1S/C16H26N2O/c1-5-18(12-16(3,4)11-17)15(19)13(2)14-9-7-6-8-10-14/h6-10,13H,5,11-12,17H2,1-4H3. The van der Waals surface area contributed by atoms with E-state index in [9.17, 15) is 4.79 Å². The Labute approximate surface area is 116 Å². The first-order chi connectivity index (χ1) is 8.91. The number of likely N-dealkylation sites (N-methyl/N-ethyl adjacent to an activating group) is 1. The maximum Gasteiger partial charge on any atom is 0.229 e. The molecule has 0 aromatic heterocycles. The number of carbonyl (C=O) groups excluding carboxylic acids is 1. The molecule has 3 nitrogen and oxygen atoms in total. The molecule has 0 bridgehead atoms. The van der Waals surface area contributed by atoms with Crippen molar-refractivity contribution in [2.24, 2.45) is 11.1 Å². The lowest BCUT2D eigenvalue weighted by Gasteiger charge is -2.32. The fourth-order valence-corrected chi connectivity index (χ4v) is 2.08. The van der Waals surface area contributed by atoms with Gasteiger partial charge in [-0.1, -0.05) is 44.2 Å². The van der Waals surface area contributed by atoms with E-state index in [1.165, 1.54) is 0 Å². The quantitative estimate of drug-likeness (QED) is 0.856. The van der Waals surface area contributed by atoms with Gasteiger partial charge in [0, 0.05) is 13.1 Å². The minimum atomic E-state index is -0.102. The van der Waals surface area contributed by atoms with Gasteiger partial charge in [-0.25, -0.2) is 0 Å². The first-order valence-electron chi connectivity index (χ1n) is 6.95. The average Bonchev–Trinajstić information content (AvgIpc) is 2.44. The van der Waals surface area contributed by atoms with Crippen LogP contribution in [0.3, 0.4) is 0 Å². The van der Waals surface area contributed by atoms with Crippen LogP contribution in [0.15, 0.2) is 30.3 Å². The number of amides is 1. The summed E-state index contributed by atoms with van der Waals surface area (Å²) in [6.45, 7) is 10.2. The zero-order chi connectivity index (χ0) is 14.5. The molecular formula is C16H26N2O. The lowest BCUT2D eigenvalue weighted by molar-refractivity contribution is -0.133. The van der Waals surface area contributed by atoms with Crippen molar-refractivity contribution >= 4 is 5.91 Å². The van der Waals surface area contributed by atoms with Gasteiger partial charge in [-0.15, -0.1) is 0 Å². The SMILES string of the molecule is CCN(CC(C)(C)CN)C(=O)C(C)c1ccccc1. The van der Waals surface area contributed by atoms with Gasteiger partial charge in [-0.3, -0.25) is 4.79 Å². The van der Waals surface area contributed by atoms with Gasteiger partial charge in [0.2, 0.25) is 5.91 Å². The van der Waals surface area contributed by atoms with Gasteiger partial charge in [0.1, 0.15) is 0 Å². The molecule has 0 saturated heterocycles. The van der Waals surface area contributed by atoms with E-state index in [0.29, 0.717) is 13.1 Å². The van der Waals surface area contributed by atoms with E-state index in [4.69, 9.17) is 5.73 Å². The number of nitrogens with two attached hydrogens (primary N) is 1. The number of rotatable bonds is 6. The smallest absolute Gasteiger partial charge is 0.229 e. The average molecular weight is 262 g/mol. The summed E-state index contributed by atoms with van der Waals surface area (Å²) in [6.07, 6.45) is 0. The van der Waals surface area contributed by atoms with Crippen LogP contribution in [0.5, 0.6) is 0 Å². The summed E-state index contributed by atoms with van der Waals surface area (Å²) in [4.78, 5) is 14.5. The normalized spacial score (nSPS) is 13.1. The van der Waals surface area contributed by atoms with Crippen molar-refractivity contribution in [1.82, 2.24) is 4.90 Å². The number of benzene rings is 1. The molecule has 3 heteroatoms. The van der Waals surface area contributed by atoms with Crippen LogP contribution in [0.25, 0.3) is 0 Å². The molecule has 1 unspecified atom stereocenters. The zero-order valence-corrected chi connectivity index (χ0v) is 12.5. The summed E-state index contributed by atoms with van der Waals surface area (Å²) in [6, 6.07) is 9.92. The van der Waals surface area contributed by atoms with E-state index in [1.54, 1.807) is 0 Å². The van der Waals surface area contributed by atoms with Crippen molar-refractivity contribution in [3.05, 3.63) is 35.9 Å². The molecule has 2 N–H and O–H groups in total. The molecule has 19 heavy (non-hydrogen) atoms. The van der Waals surface area contributed by atoms with Crippen molar-refractivity contribution in [2.75, 3.05) is 19.6 Å². The zero-order valence-electron chi connectivity index (χ0n) is 12.5. The molecule has 0 spiro atoms. The Kier molecular flexibility index (Phi) is 5.55. The van der Waals surface area contributed by atoms with E-state index >= 15 is 0 Å². The molecule has 1 aromatic carbocycles. The Bertz CT molecular complexity index is 400. The van der Waals surface area contributed by atoms with Crippen LogP contribution in [0.4, 0.5) is 0 Å². The molecule has 0 radical (unpaired) electrons. The highest BCUT2D eigenvalue weighted by molar-refractivity contribution is 5.83. The van der Waals surface area contributed by atoms with Crippen LogP contribution in [0, 0.1) is 5.41 Å². The molecule has 1 rings (SSSR count). The maximum absolute atomic E-state index is 12.6. The van der Waals surface area contributed by atoms with Crippen LogP contribution in [-0.4, -0.2) is 30.4 Å². The summed E-state index contributed by atoms with van der Waals surface area (Å²) < 4.78 is 0. The van der Waals surface area contributed by atoms with Gasteiger partial charge in [0.25, 0.3) is 0 Å². The molecular weight excluding hydrogens is 236 g/mol. The second kappa shape index (κ2) is 6.71. The molecule has 0 aliphatic rings. The van der Waals surface area contributed by atoms with E-state index < -0.39 is 0 Å². The molecule has 0 heterocycles. The van der Waals surface area contributed by atoms with Gasteiger partial charge in [-0.05, 0) is 31.4 Å². The predicted molar refractivity (Wildman–Crippen MR) is 79.9 cm³/mol. The van der Waals surface area contributed by atoms with Gasteiger partial charge in [-0.2, -0.15) is 0 Å². The minimum absolute atomic E-state index is 0.0396. The van der Waals surface area contributed by atoms with Gasteiger partial charge < -0.3 is 10.6 Å². The monoisotopic (exact) mass is 262 g/mol. The van der Waals surface area contributed by atoms with Crippen LogP contribution >= 0.6 is 0 Å². The van der Waals surface area contributed by atoms with Crippen molar-refractivity contribution in [3.8, 4) is 0 Å². The first-order valence-corrected chi connectivity index (χ1v) is 6.95. The Morgan fingerprint density at radius 2 is 1.89 bits per heavy atom. The summed E-state index contributed by atoms with van der Waals surface area (Å²) in [5.41, 5.74) is 6.79. The van der Waals surface area contributed by atoms with Crippen molar-refractivity contribution in [2.45, 2.75) is 33.6 Å². The largest absolute Gasteiger partial charge is 0.342 e. The molecule has 0 aliphatic heterocycles. The second-order valence-electron chi connectivity index (χ2n) is 5.85. The summed E-state index contributed by atoms with van der Waals surface area (Å²) >= 11 is 0. The predicted octanol–water partition coefficient (Wildman–Crippen LogP) is 2.62. The molecule has 1 atom stereocenters. The Hall–Kier alpha value is -1.35. The Morgan fingerprint density at radius 1 is 1.32 bits per heavy atom. The Balaban J connectivity index is 2.79. The summed E-state index contributed by atoms with van der Waals surface area (Å²) in [5, 5.41) is 0. The third kappa shape index (κ3) is 4.35. The summed E-state index contributed by atoms with van der Waals surface area (Å²) in [7, 11) is 0. The van der Waals surface area contributed by atoms with Crippen molar-refractivity contribution in [3.63, 3.8) is 0 Å². The van der Waals surface area contributed by atoms with Gasteiger partial charge >= 0.3 is 0 Å².